The number of methoxy groups -OCH3 is 1. The highest BCUT2D eigenvalue weighted by molar-refractivity contribution is 5.81. The number of nitrogens with one attached hydrogen (secondary N) is 1. The average molecular weight is 226 g/mol. The van der Waals surface area contributed by atoms with Gasteiger partial charge in [-0.3, -0.25) is 4.79 Å². The zero-order chi connectivity index (χ0) is 11.9. The summed E-state index contributed by atoms with van der Waals surface area (Å²) in [5, 5.41) is 6.69. The lowest BCUT2D eigenvalue weighted by atomic mass is 9.97. The number of hydrogen-bond acceptors (Lipinski definition) is 4. The van der Waals surface area contributed by atoms with Gasteiger partial charge in [-0.25, -0.2) is 0 Å². The summed E-state index contributed by atoms with van der Waals surface area (Å²) in [6, 6.07) is 0. The minimum absolute atomic E-state index is 0.172. The first kappa shape index (κ1) is 12.8. The summed E-state index contributed by atoms with van der Waals surface area (Å²) in [7, 11) is 1.42. The quantitative estimate of drug-likeness (QED) is 0.246. The Balaban J connectivity index is 2.39. The molecule has 0 heterocycles. The average Bonchev–Trinajstić information content (AvgIpc) is 2.78. The van der Waals surface area contributed by atoms with Crippen molar-refractivity contribution in [2.24, 2.45) is 5.11 Å². The molecule has 1 rings (SSSR count). The maximum absolute atomic E-state index is 11.7. The number of nitrogens with zero attached hydrogens (tertiary/aromatic N) is 3. The third-order valence-corrected chi connectivity index (χ3v) is 2.99. The van der Waals surface area contributed by atoms with Crippen LogP contribution in [0.25, 0.3) is 10.4 Å². The van der Waals surface area contributed by atoms with Crippen molar-refractivity contribution in [2.75, 3.05) is 20.2 Å². The number of ether oxygens (including phenoxy) is 1. The fourth-order valence-corrected chi connectivity index (χ4v) is 2.15. The Morgan fingerprint density at radius 2 is 2.25 bits per heavy atom. The monoisotopic (exact) mass is 226 g/mol. The van der Waals surface area contributed by atoms with E-state index in [1.807, 2.05) is 0 Å². The molecule has 6 nitrogen and oxygen atoms in total. The van der Waals surface area contributed by atoms with Gasteiger partial charge in [-0.2, -0.15) is 0 Å². The molecule has 1 saturated carbocycles. The molecule has 6 heteroatoms. The second-order valence-electron chi connectivity index (χ2n) is 4.02. The van der Waals surface area contributed by atoms with Crippen LogP contribution < -0.4 is 5.32 Å². The van der Waals surface area contributed by atoms with Crippen molar-refractivity contribution in [3.63, 3.8) is 0 Å². The van der Waals surface area contributed by atoms with Gasteiger partial charge < -0.3 is 10.1 Å². The molecule has 1 N–H and O–H groups in total. The number of carbonyl (C=O) groups is 1. The minimum Gasteiger partial charge on any atom is -0.468 e. The Kier molecular flexibility index (Phi) is 5.08. The number of hydrogen-bond donors (Lipinski definition) is 1. The zero-order valence-electron chi connectivity index (χ0n) is 9.61. The third-order valence-electron chi connectivity index (χ3n) is 2.99. The lowest BCUT2D eigenvalue weighted by Crippen LogP contribution is -2.50. The van der Waals surface area contributed by atoms with Gasteiger partial charge in [0.25, 0.3) is 0 Å². The molecule has 0 amide bonds. The van der Waals surface area contributed by atoms with Crippen molar-refractivity contribution in [1.82, 2.24) is 5.32 Å². The van der Waals surface area contributed by atoms with E-state index >= 15 is 0 Å². The van der Waals surface area contributed by atoms with Crippen LogP contribution in [-0.2, 0) is 9.53 Å². The minimum atomic E-state index is -0.495. The van der Waals surface area contributed by atoms with Gasteiger partial charge in [-0.15, -0.1) is 0 Å². The number of carbonyl (C=O) groups excluding carboxylic acids is 1. The SMILES string of the molecule is COC(=O)C1(NCCCN=[N+]=[N-])CCCC1. The van der Waals surface area contributed by atoms with Crippen LogP contribution in [0.4, 0.5) is 0 Å². The lowest BCUT2D eigenvalue weighted by molar-refractivity contribution is -0.148. The first-order chi connectivity index (χ1) is 7.75. The van der Waals surface area contributed by atoms with Gasteiger partial charge in [-0.05, 0) is 31.3 Å². The van der Waals surface area contributed by atoms with Crippen molar-refractivity contribution >= 4 is 5.97 Å². The highest BCUT2D eigenvalue weighted by Gasteiger charge is 2.41. The second kappa shape index (κ2) is 6.35. The van der Waals surface area contributed by atoms with Crippen LogP contribution in [0.15, 0.2) is 5.11 Å². The van der Waals surface area contributed by atoms with E-state index in [0.717, 1.165) is 32.1 Å². The molecule has 0 radical (unpaired) electrons. The van der Waals surface area contributed by atoms with Crippen LogP contribution in [0, 0.1) is 0 Å². The Morgan fingerprint density at radius 1 is 1.56 bits per heavy atom. The van der Waals surface area contributed by atoms with Crippen LogP contribution in [0.1, 0.15) is 32.1 Å². The molecular formula is C10H18N4O2. The van der Waals surface area contributed by atoms with Crippen LogP contribution in [-0.4, -0.2) is 31.7 Å². The Bertz CT molecular complexity index is 281. The van der Waals surface area contributed by atoms with E-state index in [0.29, 0.717) is 13.1 Å². The molecule has 0 aromatic heterocycles. The third kappa shape index (κ3) is 3.12. The highest BCUT2D eigenvalue weighted by Crippen LogP contribution is 2.30. The van der Waals surface area contributed by atoms with E-state index in [1.54, 1.807) is 0 Å². The lowest BCUT2D eigenvalue weighted by Gasteiger charge is -2.27. The molecule has 0 unspecified atom stereocenters. The second-order valence-corrected chi connectivity index (χ2v) is 4.02. The molecular weight excluding hydrogens is 208 g/mol. The maximum atomic E-state index is 11.7. The smallest absolute Gasteiger partial charge is 0.326 e. The first-order valence-corrected chi connectivity index (χ1v) is 5.59. The summed E-state index contributed by atoms with van der Waals surface area (Å²) in [5.74, 6) is -0.172. The van der Waals surface area contributed by atoms with E-state index in [1.165, 1.54) is 7.11 Å². The van der Waals surface area contributed by atoms with Gasteiger partial charge in [0.1, 0.15) is 5.54 Å². The van der Waals surface area contributed by atoms with Crippen molar-refractivity contribution in [3.8, 4) is 0 Å². The van der Waals surface area contributed by atoms with Gasteiger partial charge in [0.2, 0.25) is 0 Å². The predicted octanol–water partition coefficient (Wildman–Crippen LogP) is 1.76. The molecule has 90 valence electrons. The van der Waals surface area contributed by atoms with Crippen molar-refractivity contribution in [1.29, 1.82) is 0 Å². The fourth-order valence-electron chi connectivity index (χ4n) is 2.15. The normalized spacial score (nSPS) is 17.8. The summed E-state index contributed by atoms with van der Waals surface area (Å²) in [5.41, 5.74) is 7.62. The summed E-state index contributed by atoms with van der Waals surface area (Å²) in [6.07, 6.45) is 4.52. The molecule has 0 saturated heterocycles. The van der Waals surface area contributed by atoms with Crippen molar-refractivity contribution in [3.05, 3.63) is 10.4 Å². The molecule has 1 fully saturated rings. The van der Waals surface area contributed by atoms with Gasteiger partial charge >= 0.3 is 5.97 Å². The summed E-state index contributed by atoms with van der Waals surface area (Å²) >= 11 is 0. The fraction of sp³-hybridized carbons (Fsp3) is 0.900. The molecule has 0 atom stereocenters. The highest BCUT2D eigenvalue weighted by atomic mass is 16.5. The molecule has 1 aliphatic rings. The Labute approximate surface area is 95.0 Å². The van der Waals surface area contributed by atoms with E-state index < -0.39 is 5.54 Å². The first-order valence-electron chi connectivity index (χ1n) is 5.59. The molecule has 16 heavy (non-hydrogen) atoms. The van der Waals surface area contributed by atoms with Crippen LogP contribution in [0.3, 0.4) is 0 Å². The number of azide groups is 1. The van der Waals surface area contributed by atoms with Gasteiger partial charge in [0.05, 0.1) is 7.11 Å². The molecule has 0 spiro atoms. The number of esters is 1. The van der Waals surface area contributed by atoms with Gasteiger partial charge in [-0.1, -0.05) is 18.0 Å². The Morgan fingerprint density at radius 3 is 2.81 bits per heavy atom. The van der Waals surface area contributed by atoms with Crippen LogP contribution in [0.2, 0.25) is 0 Å². The Hall–Kier alpha value is -1.26. The topological polar surface area (TPSA) is 87.1 Å². The van der Waals surface area contributed by atoms with Crippen molar-refractivity contribution < 1.29 is 9.53 Å². The number of rotatable bonds is 6. The summed E-state index contributed by atoms with van der Waals surface area (Å²) in [6.45, 7) is 1.13. The van der Waals surface area contributed by atoms with E-state index in [2.05, 4.69) is 15.3 Å². The molecule has 0 aromatic carbocycles. The van der Waals surface area contributed by atoms with E-state index in [9.17, 15) is 4.79 Å². The van der Waals surface area contributed by atoms with E-state index in [-0.39, 0.29) is 5.97 Å². The van der Waals surface area contributed by atoms with Crippen LogP contribution in [0.5, 0.6) is 0 Å². The molecule has 0 bridgehead atoms. The maximum Gasteiger partial charge on any atom is 0.326 e. The van der Waals surface area contributed by atoms with E-state index in [4.69, 9.17) is 10.3 Å². The van der Waals surface area contributed by atoms with Crippen molar-refractivity contribution in [2.45, 2.75) is 37.6 Å². The zero-order valence-corrected chi connectivity index (χ0v) is 9.61. The van der Waals surface area contributed by atoms with Crippen LogP contribution >= 0.6 is 0 Å². The van der Waals surface area contributed by atoms with Gasteiger partial charge in [0.15, 0.2) is 0 Å². The standard InChI is InChI=1S/C10H18N4O2/c1-16-9(15)10(5-2-3-6-10)12-7-4-8-13-14-11/h12H,2-8H2,1H3. The molecule has 1 aliphatic carbocycles. The summed E-state index contributed by atoms with van der Waals surface area (Å²) < 4.78 is 4.83. The van der Waals surface area contributed by atoms with Gasteiger partial charge in [0, 0.05) is 11.5 Å². The summed E-state index contributed by atoms with van der Waals surface area (Å²) in [4.78, 5) is 14.4. The molecule has 0 aliphatic heterocycles. The molecule has 0 aromatic rings. The predicted molar refractivity (Wildman–Crippen MR) is 59.8 cm³/mol. The largest absolute Gasteiger partial charge is 0.468 e.